The first-order valence-corrected chi connectivity index (χ1v) is 7.68. The van der Waals surface area contributed by atoms with Gasteiger partial charge in [-0.2, -0.15) is 0 Å². The predicted molar refractivity (Wildman–Crippen MR) is 92.7 cm³/mol. The third-order valence-corrected chi connectivity index (χ3v) is 3.50. The predicted octanol–water partition coefficient (Wildman–Crippen LogP) is 2.82. The summed E-state index contributed by atoms with van der Waals surface area (Å²) in [4.78, 5) is 22.1. The molecular weight excluding hydrogens is 337 g/mol. The van der Waals surface area contributed by atoms with Crippen molar-refractivity contribution in [2.45, 2.75) is 0 Å². The van der Waals surface area contributed by atoms with Gasteiger partial charge in [0.15, 0.2) is 0 Å². The van der Waals surface area contributed by atoms with Crippen molar-refractivity contribution >= 4 is 40.7 Å². The summed E-state index contributed by atoms with van der Waals surface area (Å²) in [6.45, 7) is 1.32. The van der Waals surface area contributed by atoms with Gasteiger partial charge in [-0.05, 0) is 32.3 Å². The van der Waals surface area contributed by atoms with E-state index in [0.29, 0.717) is 33.8 Å². The van der Waals surface area contributed by atoms with E-state index >= 15 is 0 Å². The van der Waals surface area contributed by atoms with Crippen molar-refractivity contribution in [3.8, 4) is 0 Å². The van der Waals surface area contributed by atoms with E-state index in [2.05, 4.69) is 20.6 Å². The molecule has 0 fully saturated rings. The van der Waals surface area contributed by atoms with Crippen LogP contribution in [0.5, 0.6) is 0 Å². The van der Waals surface area contributed by atoms with E-state index in [-0.39, 0.29) is 5.91 Å². The number of nitrogens with one attached hydrogen (secondary N) is 2. The molecule has 1 heterocycles. The van der Waals surface area contributed by atoms with Gasteiger partial charge in [0.05, 0.1) is 16.3 Å². The monoisotopic (exact) mass is 353 g/mol. The van der Waals surface area contributed by atoms with Crippen molar-refractivity contribution in [2.24, 2.45) is 0 Å². The van der Waals surface area contributed by atoms with Crippen LogP contribution in [0.3, 0.4) is 0 Å². The van der Waals surface area contributed by atoms with E-state index in [1.807, 2.05) is 19.0 Å². The highest BCUT2D eigenvalue weighted by Gasteiger charge is 2.08. The molecule has 2 N–H and O–H groups in total. The molecule has 0 saturated heterocycles. The number of anilines is 2. The van der Waals surface area contributed by atoms with Gasteiger partial charge in [-0.25, -0.2) is 9.97 Å². The summed E-state index contributed by atoms with van der Waals surface area (Å²) in [5.74, 6) is 0.123. The fourth-order valence-electron chi connectivity index (χ4n) is 1.72. The van der Waals surface area contributed by atoms with Gasteiger partial charge < -0.3 is 15.5 Å². The molecule has 8 heteroatoms. The molecule has 0 atom stereocenters. The molecule has 1 aromatic carbocycles. The van der Waals surface area contributed by atoms with Crippen molar-refractivity contribution in [1.82, 2.24) is 20.2 Å². The molecule has 0 radical (unpaired) electrons. The number of carbonyl (C=O) groups excluding carboxylic acids is 1. The van der Waals surface area contributed by atoms with E-state index < -0.39 is 0 Å². The lowest BCUT2D eigenvalue weighted by Gasteiger charge is -2.10. The Balaban J connectivity index is 1.99. The van der Waals surface area contributed by atoms with Gasteiger partial charge in [0.1, 0.15) is 0 Å². The standard InChI is InChI=1S/C15H17Cl2N5O/c1-22(2)6-5-18-14(23)10-8-19-15(20-9-10)21-13-7-11(16)3-4-12(13)17/h3-4,7-9H,5-6H2,1-2H3,(H,18,23)(H,19,20,21). The lowest BCUT2D eigenvalue weighted by Crippen LogP contribution is -2.31. The number of hydrogen-bond acceptors (Lipinski definition) is 5. The van der Waals surface area contributed by atoms with E-state index in [0.717, 1.165) is 6.54 Å². The maximum absolute atomic E-state index is 11.9. The van der Waals surface area contributed by atoms with Gasteiger partial charge in [-0.15, -0.1) is 0 Å². The summed E-state index contributed by atoms with van der Waals surface area (Å²) in [7, 11) is 3.88. The van der Waals surface area contributed by atoms with E-state index in [9.17, 15) is 4.79 Å². The first kappa shape index (κ1) is 17.5. The van der Waals surface area contributed by atoms with Crippen molar-refractivity contribution in [1.29, 1.82) is 0 Å². The van der Waals surface area contributed by atoms with Crippen molar-refractivity contribution in [3.63, 3.8) is 0 Å². The quantitative estimate of drug-likeness (QED) is 0.835. The van der Waals surface area contributed by atoms with Crippen LogP contribution >= 0.6 is 23.2 Å². The highest BCUT2D eigenvalue weighted by molar-refractivity contribution is 6.35. The number of benzene rings is 1. The summed E-state index contributed by atoms with van der Waals surface area (Å²) in [6, 6.07) is 5.05. The molecule has 2 aromatic rings. The van der Waals surface area contributed by atoms with Gasteiger partial charge in [-0.1, -0.05) is 23.2 Å². The zero-order chi connectivity index (χ0) is 16.8. The Morgan fingerprint density at radius 3 is 2.57 bits per heavy atom. The highest BCUT2D eigenvalue weighted by Crippen LogP contribution is 2.27. The number of aromatic nitrogens is 2. The first-order valence-electron chi connectivity index (χ1n) is 6.93. The molecule has 0 aliphatic rings. The molecule has 23 heavy (non-hydrogen) atoms. The maximum Gasteiger partial charge on any atom is 0.254 e. The summed E-state index contributed by atoms with van der Waals surface area (Å²) >= 11 is 12.0. The Morgan fingerprint density at radius 1 is 1.22 bits per heavy atom. The highest BCUT2D eigenvalue weighted by atomic mass is 35.5. The van der Waals surface area contributed by atoms with Gasteiger partial charge in [0.25, 0.3) is 5.91 Å². The summed E-state index contributed by atoms with van der Waals surface area (Å²) in [6.07, 6.45) is 2.91. The Hall–Kier alpha value is -1.89. The average Bonchev–Trinajstić information content (AvgIpc) is 2.51. The molecule has 0 aliphatic carbocycles. The minimum Gasteiger partial charge on any atom is -0.351 e. The van der Waals surface area contributed by atoms with Crippen LogP contribution in [0.1, 0.15) is 10.4 Å². The molecule has 122 valence electrons. The van der Waals surface area contributed by atoms with E-state index in [1.54, 1.807) is 18.2 Å². The van der Waals surface area contributed by atoms with Crippen molar-refractivity contribution in [3.05, 3.63) is 46.2 Å². The molecule has 0 aliphatic heterocycles. The number of nitrogens with zero attached hydrogens (tertiary/aromatic N) is 3. The van der Waals surface area contributed by atoms with Gasteiger partial charge in [0, 0.05) is 30.5 Å². The Kier molecular flexibility index (Phi) is 6.15. The lowest BCUT2D eigenvalue weighted by atomic mass is 10.3. The number of likely N-dealkylation sites (N-methyl/N-ethyl adjacent to an activating group) is 1. The minimum atomic E-state index is -0.209. The number of halogens is 2. The van der Waals surface area contributed by atoms with Gasteiger partial charge in [0.2, 0.25) is 5.95 Å². The number of carbonyl (C=O) groups is 1. The third kappa shape index (κ3) is 5.35. The van der Waals surface area contributed by atoms with E-state index in [1.165, 1.54) is 12.4 Å². The summed E-state index contributed by atoms with van der Waals surface area (Å²) in [5, 5.41) is 6.81. The van der Waals surface area contributed by atoms with Crippen LogP contribution in [0.4, 0.5) is 11.6 Å². The van der Waals surface area contributed by atoms with Crippen LogP contribution in [0, 0.1) is 0 Å². The van der Waals surface area contributed by atoms with Crippen LogP contribution < -0.4 is 10.6 Å². The lowest BCUT2D eigenvalue weighted by molar-refractivity contribution is 0.0950. The molecule has 0 saturated carbocycles. The average molecular weight is 354 g/mol. The second-order valence-corrected chi connectivity index (χ2v) is 5.95. The molecule has 0 unspecified atom stereocenters. The topological polar surface area (TPSA) is 70.2 Å². The fourth-order valence-corrected chi connectivity index (χ4v) is 2.06. The molecule has 0 spiro atoms. The molecular formula is C15H17Cl2N5O. The normalized spacial score (nSPS) is 10.7. The van der Waals surface area contributed by atoms with Crippen LogP contribution in [-0.2, 0) is 0 Å². The van der Waals surface area contributed by atoms with E-state index in [4.69, 9.17) is 23.2 Å². The number of rotatable bonds is 6. The smallest absolute Gasteiger partial charge is 0.254 e. The molecule has 6 nitrogen and oxygen atoms in total. The molecule has 1 amide bonds. The zero-order valence-electron chi connectivity index (χ0n) is 12.8. The zero-order valence-corrected chi connectivity index (χ0v) is 14.3. The number of hydrogen-bond donors (Lipinski definition) is 2. The Bertz CT molecular complexity index is 676. The SMILES string of the molecule is CN(C)CCNC(=O)c1cnc(Nc2cc(Cl)ccc2Cl)nc1. The van der Waals surface area contributed by atoms with Gasteiger partial charge in [-0.3, -0.25) is 4.79 Å². The molecule has 0 bridgehead atoms. The van der Waals surface area contributed by atoms with Crippen LogP contribution in [0.2, 0.25) is 10.0 Å². The first-order chi connectivity index (χ1) is 11.0. The Labute approximate surface area is 144 Å². The maximum atomic E-state index is 11.9. The fraction of sp³-hybridized carbons (Fsp3) is 0.267. The van der Waals surface area contributed by atoms with Crippen molar-refractivity contribution in [2.75, 3.05) is 32.5 Å². The minimum absolute atomic E-state index is 0.209. The Morgan fingerprint density at radius 2 is 1.91 bits per heavy atom. The number of amides is 1. The second kappa shape index (κ2) is 8.10. The van der Waals surface area contributed by atoms with Gasteiger partial charge >= 0.3 is 0 Å². The van der Waals surface area contributed by atoms with Crippen LogP contribution in [0.15, 0.2) is 30.6 Å². The largest absolute Gasteiger partial charge is 0.351 e. The van der Waals surface area contributed by atoms with Crippen molar-refractivity contribution < 1.29 is 4.79 Å². The van der Waals surface area contributed by atoms with Crippen LogP contribution in [-0.4, -0.2) is 48.0 Å². The summed E-state index contributed by atoms with van der Waals surface area (Å²) < 4.78 is 0. The summed E-state index contributed by atoms with van der Waals surface area (Å²) in [5.41, 5.74) is 0.994. The third-order valence-electron chi connectivity index (χ3n) is 2.93. The van der Waals surface area contributed by atoms with Crippen LogP contribution in [0.25, 0.3) is 0 Å². The molecule has 1 aromatic heterocycles. The molecule has 2 rings (SSSR count). The second-order valence-electron chi connectivity index (χ2n) is 5.10.